The Bertz CT molecular complexity index is 771. The minimum absolute atomic E-state index is 0.139. The molecule has 5 nitrogen and oxygen atoms in total. The Morgan fingerprint density at radius 3 is 2.40 bits per heavy atom. The summed E-state index contributed by atoms with van der Waals surface area (Å²) in [5.74, 6) is -0.633. The second-order valence-electron chi connectivity index (χ2n) is 6.49. The lowest BCUT2D eigenvalue weighted by Crippen LogP contribution is -2.44. The van der Waals surface area contributed by atoms with Gasteiger partial charge in [0, 0.05) is 36.8 Å². The smallest absolute Gasteiger partial charge is 0.251 e. The topological polar surface area (TPSA) is 75.4 Å². The molecule has 0 saturated heterocycles. The van der Waals surface area contributed by atoms with Crippen LogP contribution in [-0.4, -0.2) is 35.8 Å². The fraction of sp³-hybridized carbons (Fsp3) is 0.300. The Hall–Kier alpha value is -2.66. The van der Waals surface area contributed by atoms with Gasteiger partial charge in [0.2, 0.25) is 5.91 Å². The van der Waals surface area contributed by atoms with E-state index in [0.717, 1.165) is 19.5 Å². The second-order valence-corrected chi connectivity index (χ2v) is 6.49. The lowest BCUT2D eigenvalue weighted by atomic mass is 9.99. The van der Waals surface area contributed by atoms with Crippen LogP contribution in [-0.2, 0) is 13.0 Å². The van der Waals surface area contributed by atoms with E-state index in [1.165, 1.54) is 11.1 Å². The molecule has 0 saturated carbocycles. The molecule has 1 atom stereocenters. The molecule has 2 aromatic carbocycles. The van der Waals surface area contributed by atoms with Gasteiger partial charge in [0.25, 0.3) is 5.91 Å². The summed E-state index contributed by atoms with van der Waals surface area (Å²) in [6, 6.07) is 15.2. The van der Waals surface area contributed by atoms with Crippen molar-refractivity contribution in [1.29, 1.82) is 0 Å². The number of hydrogen-bond acceptors (Lipinski definition) is 3. The summed E-state index contributed by atoms with van der Waals surface area (Å²) < 4.78 is 0. The van der Waals surface area contributed by atoms with Crippen LogP contribution in [0.3, 0.4) is 0 Å². The van der Waals surface area contributed by atoms with Crippen molar-refractivity contribution in [2.45, 2.75) is 25.9 Å². The molecule has 1 heterocycles. The maximum atomic E-state index is 12.3. The number of nitrogens with two attached hydrogens (primary N) is 1. The summed E-state index contributed by atoms with van der Waals surface area (Å²) in [6.45, 7) is 4.63. The molecule has 2 amide bonds. The molecule has 0 aromatic heterocycles. The van der Waals surface area contributed by atoms with Gasteiger partial charge in [0.1, 0.15) is 0 Å². The van der Waals surface area contributed by atoms with Crippen LogP contribution in [0.5, 0.6) is 0 Å². The summed E-state index contributed by atoms with van der Waals surface area (Å²) in [5, 5.41) is 2.97. The zero-order valence-electron chi connectivity index (χ0n) is 14.4. The molecule has 130 valence electrons. The molecule has 25 heavy (non-hydrogen) atoms. The van der Waals surface area contributed by atoms with Crippen LogP contribution in [0.15, 0.2) is 48.5 Å². The Kier molecular flexibility index (Phi) is 5.14. The maximum Gasteiger partial charge on any atom is 0.251 e. The van der Waals surface area contributed by atoms with Gasteiger partial charge in [-0.05, 0) is 48.7 Å². The van der Waals surface area contributed by atoms with E-state index in [0.29, 0.717) is 17.7 Å². The van der Waals surface area contributed by atoms with Crippen LogP contribution in [0.2, 0.25) is 0 Å². The number of carbonyl (C=O) groups is 2. The minimum atomic E-state index is -0.494. The quantitative estimate of drug-likeness (QED) is 0.876. The zero-order valence-corrected chi connectivity index (χ0v) is 14.4. The zero-order chi connectivity index (χ0) is 17.8. The number of amides is 2. The van der Waals surface area contributed by atoms with Crippen LogP contribution in [0.1, 0.15) is 38.8 Å². The standard InChI is InChI=1S/C20H23N3O2/c1-14(23-11-10-15-4-2-3-5-18(15)13-23)12-22-20(25)17-8-6-16(7-9-17)19(21)24/h2-9,14H,10-13H2,1H3,(H2,21,24)(H,22,25). The van der Waals surface area contributed by atoms with Crippen molar-refractivity contribution in [3.05, 3.63) is 70.8 Å². The highest BCUT2D eigenvalue weighted by Gasteiger charge is 2.20. The van der Waals surface area contributed by atoms with Crippen LogP contribution >= 0.6 is 0 Å². The van der Waals surface area contributed by atoms with Crippen molar-refractivity contribution < 1.29 is 9.59 Å². The van der Waals surface area contributed by atoms with E-state index in [4.69, 9.17) is 5.73 Å². The summed E-state index contributed by atoms with van der Waals surface area (Å²) in [4.78, 5) is 25.7. The fourth-order valence-electron chi connectivity index (χ4n) is 3.15. The molecule has 1 aliphatic rings. The SMILES string of the molecule is CC(CNC(=O)c1ccc(C(N)=O)cc1)N1CCc2ccccc2C1. The second kappa shape index (κ2) is 7.49. The molecule has 2 aromatic rings. The third-order valence-corrected chi connectivity index (χ3v) is 4.77. The summed E-state index contributed by atoms with van der Waals surface area (Å²) in [5.41, 5.74) is 8.93. The van der Waals surface area contributed by atoms with Crippen LogP contribution in [0.25, 0.3) is 0 Å². The molecule has 0 radical (unpaired) electrons. The van der Waals surface area contributed by atoms with Crippen LogP contribution < -0.4 is 11.1 Å². The monoisotopic (exact) mass is 337 g/mol. The molecule has 0 spiro atoms. The molecule has 0 fully saturated rings. The Morgan fingerprint density at radius 2 is 1.72 bits per heavy atom. The lowest BCUT2D eigenvalue weighted by Gasteiger charge is -2.33. The van der Waals surface area contributed by atoms with Gasteiger partial charge in [-0.2, -0.15) is 0 Å². The molecular weight excluding hydrogens is 314 g/mol. The van der Waals surface area contributed by atoms with Crippen molar-refractivity contribution in [1.82, 2.24) is 10.2 Å². The molecule has 1 unspecified atom stereocenters. The molecule has 5 heteroatoms. The van der Waals surface area contributed by atoms with Crippen LogP contribution in [0, 0.1) is 0 Å². The third-order valence-electron chi connectivity index (χ3n) is 4.77. The van der Waals surface area contributed by atoms with Crippen molar-refractivity contribution in [3.8, 4) is 0 Å². The van der Waals surface area contributed by atoms with E-state index in [1.807, 2.05) is 0 Å². The van der Waals surface area contributed by atoms with Gasteiger partial charge in [0.05, 0.1) is 0 Å². The van der Waals surface area contributed by atoms with Crippen molar-refractivity contribution in [2.24, 2.45) is 5.73 Å². The number of hydrogen-bond donors (Lipinski definition) is 2. The van der Waals surface area contributed by atoms with Crippen LogP contribution in [0.4, 0.5) is 0 Å². The normalized spacial score (nSPS) is 15.2. The molecule has 0 aliphatic carbocycles. The summed E-state index contributed by atoms with van der Waals surface area (Å²) >= 11 is 0. The number of carbonyl (C=O) groups excluding carboxylic acids is 2. The maximum absolute atomic E-state index is 12.3. The molecule has 1 aliphatic heterocycles. The van der Waals surface area contributed by atoms with Gasteiger partial charge in [-0.25, -0.2) is 0 Å². The number of benzene rings is 2. The van der Waals surface area contributed by atoms with E-state index < -0.39 is 5.91 Å². The van der Waals surface area contributed by atoms with Gasteiger partial charge in [-0.1, -0.05) is 24.3 Å². The number of primary amides is 1. The first-order chi connectivity index (χ1) is 12.0. The summed E-state index contributed by atoms with van der Waals surface area (Å²) in [7, 11) is 0. The highest BCUT2D eigenvalue weighted by atomic mass is 16.2. The molecular formula is C20H23N3O2. The van der Waals surface area contributed by atoms with Gasteiger partial charge in [-0.3, -0.25) is 14.5 Å². The van der Waals surface area contributed by atoms with Crippen molar-refractivity contribution >= 4 is 11.8 Å². The number of nitrogens with one attached hydrogen (secondary N) is 1. The van der Waals surface area contributed by atoms with Gasteiger partial charge >= 0.3 is 0 Å². The average Bonchev–Trinajstić information content (AvgIpc) is 2.65. The Balaban J connectivity index is 1.54. The van der Waals surface area contributed by atoms with E-state index in [9.17, 15) is 9.59 Å². The van der Waals surface area contributed by atoms with Gasteiger partial charge in [-0.15, -0.1) is 0 Å². The van der Waals surface area contributed by atoms with Gasteiger partial charge < -0.3 is 11.1 Å². The highest BCUT2D eigenvalue weighted by molar-refractivity contribution is 5.97. The predicted octanol–water partition coefficient (Wildman–Crippen LogP) is 1.96. The number of fused-ring (bicyclic) bond motifs is 1. The Labute approximate surface area is 147 Å². The minimum Gasteiger partial charge on any atom is -0.366 e. The van der Waals surface area contributed by atoms with Gasteiger partial charge in [0.15, 0.2) is 0 Å². The van der Waals surface area contributed by atoms with E-state index >= 15 is 0 Å². The fourth-order valence-corrected chi connectivity index (χ4v) is 3.15. The number of nitrogens with zero attached hydrogens (tertiary/aromatic N) is 1. The van der Waals surface area contributed by atoms with E-state index in [1.54, 1.807) is 24.3 Å². The lowest BCUT2D eigenvalue weighted by molar-refractivity contribution is 0.0930. The van der Waals surface area contributed by atoms with E-state index in [-0.39, 0.29) is 11.9 Å². The summed E-state index contributed by atoms with van der Waals surface area (Å²) in [6.07, 6.45) is 1.04. The third kappa shape index (κ3) is 4.06. The van der Waals surface area contributed by atoms with Crippen molar-refractivity contribution in [2.75, 3.05) is 13.1 Å². The first kappa shape index (κ1) is 17.2. The first-order valence-electron chi connectivity index (χ1n) is 8.53. The predicted molar refractivity (Wildman–Crippen MR) is 97.3 cm³/mol. The molecule has 3 rings (SSSR count). The average molecular weight is 337 g/mol. The molecule has 0 bridgehead atoms. The molecule has 3 N–H and O–H groups in total. The van der Waals surface area contributed by atoms with Crippen molar-refractivity contribution in [3.63, 3.8) is 0 Å². The first-order valence-corrected chi connectivity index (χ1v) is 8.53. The highest BCUT2D eigenvalue weighted by Crippen LogP contribution is 2.20. The van der Waals surface area contributed by atoms with E-state index in [2.05, 4.69) is 41.4 Å². The largest absolute Gasteiger partial charge is 0.366 e. The number of rotatable bonds is 5. The Morgan fingerprint density at radius 1 is 1.08 bits per heavy atom.